The largest absolute Gasteiger partial charge is 0.494 e. The molecule has 28 heavy (non-hydrogen) atoms. The van der Waals surface area contributed by atoms with Crippen molar-refractivity contribution in [3.63, 3.8) is 0 Å². The smallest absolute Gasteiger partial charge is 0.280 e. The summed E-state index contributed by atoms with van der Waals surface area (Å²) in [5.74, 6) is 1.18. The van der Waals surface area contributed by atoms with Crippen LogP contribution in [-0.4, -0.2) is 24.8 Å². The molecule has 0 bridgehead atoms. The number of carbonyl (C=O) groups excluding carboxylic acids is 1. The summed E-state index contributed by atoms with van der Waals surface area (Å²) < 4.78 is 11.4. The lowest BCUT2D eigenvalue weighted by Crippen LogP contribution is -2.33. The van der Waals surface area contributed by atoms with Gasteiger partial charge in [0.1, 0.15) is 11.5 Å². The third-order valence-electron chi connectivity index (χ3n) is 4.16. The monoisotopic (exact) mass is 376 g/mol. The van der Waals surface area contributed by atoms with Crippen LogP contribution in [0.4, 0.5) is 0 Å². The predicted octanol–water partition coefficient (Wildman–Crippen LogP) is 4.55. The summed E-state index contributed by atoms with van der Waals surface area (Å²) in [6, 6.07) is 21.2. The van der Waals surface area contributed by atoms with Crippen molar-refractivity contribution in [2.75, 3.05) is 6.61 Å². The number of ether oxygens (including phenoxy) is 2. The number of hydrazone groups is 1. The molecule has 1 unspecified atom stereocenters. The molecular weight excluding hydrogens is 352 g/mol. The van der Waals surface area contributed by atoms with Gasteiger partial charge in [-0.25, -0.2) is 5.43 Å². The highest BCUT2D eigenvalue weighted by atomic mass is 16.5. The number of benzene rings is 3. The van der Waals surface area contributed by atoms with Crippen molar-refractivity contribution < 1.29 is 14.3 Å². The molecule has 1 amide bonds. The Balaban J connectivity index is 1.56. The molecule has 0 aliphatic carbocycles. The topological polar surface area (TPSA) is 59.9 Å². The first kappa shape index (κ1) is 19.4. The van der Waals surface area contributed by atoms with E-state index in [1.54, 1.807) is 13.1 Å². The van der Waals surface area contributed by atoms with Crippen LogP contribution < -0.4 is 14.9 Å². The normalized spacial score (nSPS) is 12.1. The van der Waals surface area contributed by atoms with Crippen molar-refractivity contribution in [2.45, 2.75) is 26.4 Å². The Kier molecular flexibility index (Phi) is 6.63. The molecule has 1 atom stereocenters. The number of carbonyl (C=O) groups is 1. The van der Waals surface area contributed by atoms with E-state index in [9.17, 15) is 4.79 Å². The van der Waals surface area contributed by atoms with Crippen molar-refractivity contribution >= 4 is 22.9 Å². The summed E-state index contributed by atoms with van der Waals surface area (Å²) in [4.78, 5) is 12.3. The molecule has 3 aromatic carbocycles. The summed E-state index contributed by atoms with van der Waals surface area (Å²) in [6.07, 6.45) is 1.88. The maximum Gasteiger partial charge on any atom is 0.280 e. The van der Waals surface area contributed by atoms with Gasteiger partial charge in [-0.2, -0.15) is 5.10 Å². The molecule has 3 aromatic rings. The summed E-state index contributed by atoms with van der Waals surface area (Å²) in [5.41, 5.74) is 3.39. The Bertz CT molecular complexity index is 946. The highest BCUT2D eigenvalue weighted by molar-refractivity contribution is 5.89. The number of nitrogens with zero attached hydrogens (tertiary/aromatic N) is 1. The standard InChI is InChI=1S/C23H24N2O3/c1-3-15-27-20-13-11-18(12-14-20)16-24-25-23(26)17(2)28-22-10-6-8-19-7-4-5-9-21(19)22/h4-14,16-17H,3,15H2,1-2H3,(H,25,26). The van der Waals surface area contributed by atoms with Gasteiger partial charge >= 0.3 is 0 Å². The van der Waals surface area contributed by atoms with Crippen molar-refractivity contribution in [1.82, 2.24) is 5.43 Å². The second kappa shape index (κ2) is 9.55. The first-order valence-corrected chi connectivity index (χ1v) is 9.37. The van der Waals surface area contributed by atoms with E-state index in [-0.39, 0.29) is 5.91 Å². The third-order valence-corrected chi connectivity index (χ3v) is 4.16. The fourth-order valence-electron chi connectivity index (χ4n) is 2.67. The summed E-state index contributed by atoms with van der Waals surface area (Å²) in [7, 11) is 0. The number of nitrogens with one attached hydrogen (secondary N) is 1. The number of rotatable bonds is 8. The Morgan fingerprint density at radius 3 is 2.61 bits per heavy atom. The van der Waals surface area contributed by atoms with E-state index in [2.05, 4.69) is 17.5 Å². The Morgan fingerprint density at radius 2 is 1.82 bits per heavy atom. The molecule has 3 rings (SSSR count). The van der Waals surface area contributed by atoms with Crippen LogP contribution in [0.2, 0.25) is 0 Å². The Labute approximate surface area is 165 Å². The predicted molar refractivity (Wildman–Crippen MR) is 112 cm³/mol. The minimum atomic E-state index is -0.673. The molecule has 0 aromatic heterocycles. The fourth-order valence-corrected chi connectivity index (χ4v) is 2.67. The first-order chi connectivity index (χ1) is 13.7. The lowest BCUT2D eigenvalue weighted by atomic mass is 10.1. The molecule has 0 aliphatic heterocycles. The van der Waals surface area contributed by atoms with Crippen LogP contribution in [0.25, 0.3) is 10.8 Å². The van der Waals surface area contributed by atoms with Gasteiger partial charge in [-0.3, -0.25) is 4.79 Å². The van der Waals surface area contributed by atoms with Crippen LogP contribution in [0.3, 0.4) is 0 Å². The molecule has 0 saturated heterocycles. The van der Waals surface area contributed by atoms with Crippen LogP contribution in [-0.2, 0) is 4.79 Å². The van der Waals surface area contributed by atoms with Crippen LogP contribution in [0.1, 0.15) is 25.8 Å². The number of amides is 1. The van der Waals surface area contributed by atoms with Gasteiger partial charge in [0, 0.05) is 5.39 Å². The molecule has 0 saturated carbocycles. The Hall–Kier alpha value is -3.34. The second-order valence-electron chi connectivity index (χ2n) is 6.39. The van der Waals surface area contributed by atoms with Crippen LogP contribution in [0.5, 0.6) is 11.5 Å². The quantitative estimate of drug-likeness (QED) is 0.464. The van der Waals surface area contributed by atoms with Gasteiger partial charge < -0.3 is 9.47 Å². The van der Waals surface area contributed by atoms with E-state index in [0.717, 1.165) is 28.5 Å². The van der Waals surface area contributed by atoms with E-state index in [1.807, 2.05) is 66.7 Å². The minimum Gasteiger partial charge on any atom is -0.494 e. The number of hydrogen-bond donors (Lipinski definition) is 1. The lowest BCUT2D eigenvalue weighted by molar-refractivity contribution is -0.127. The average molecular weight is 376 g/mol. The third kappa shape index (κ3) is 5.10. The zero-order valence-corrected chi connectivity index (χ0v) is 16.1. The molecule has 1 N–H and O–H groups in total. The molecule has 0 heterocycles. The van der Waals surface area contributed by atoms with Gasteiger partial charge in [0.05, 0.1) is 12.8 Å². The molecule has 0 fully saturated rings. The average Bonchev–Trinajstić information content (AvgIpc) is 2.73. The van der Waals surface area contributed by atoms with Crippen molar-refractivity contribution in [3.05, 3.63) is 72.3 Å². The zero-order valence-electron chi connectivity index (χ0n) is 16.1. The minimum absolute atomic E-state index is 0.313. The Morgan fingerprint density at radius 1 is 1.07 bits per heavy atom. The van der Waals surface area contributed by atoms with Gasteiger partial charge in [-0.1, -0.05) is 43.3 Å². The van der Waals surface area contributed by atoms with Crippen LogP contribution in [0.15, 0.2) is 71.8 Å². The maximum absolute atomic E-state index is 12.3. The molecule has 5 heteroatoms. The fraction of sp³-hybridized carbons (Fsp3) is 0.217. The number of fused-ring (bicyclic) bond motifs is 1. The summed E-state index contributed by atoms with van der Waals surface area (Å²) in [5, 5.41) is 6.05. The molecule has 0 aliphatic rings. The van der Waals surface area contributed by atoms with Crippen molar-refractivity contribution in [2.24, 2.45) is 5.10 Å². The van der Waals surface area contributed by atoms with E-state index in [1.165, 1.54) is 0 Å². The van der Waals surface area contributed by atoms with Crippen molar-refractivity contribution in [3.8, 4) is 11.5 Å². The number of hydrogen-bond acceptors (Lipinski definition) is 4. The van der Waals surface area contributed by atoms with Gasteiger partial charge in [0.15, 0.2) is 6.10 Å². The summed E-state index contributed by atoms with van der Waals surface area (Å²) >= 11 is 0. The maximum atomic E-state index is 12.3. The molecule has 5 nitrogen and oxygen atoms in total. The first-order valence-electron chi connectivity index (χ1n) is 9.37. The molecule has 144 valence electrons. The van der Waals surface area contributed by atoms with Gasteiger partial charge in [0.25, 0.3) is 5.91 Å². The SMILES string of the molecule is CCCOc1ccc(C=NNC(=O)C(C)Oc2cccc3ccccc23)cc1. The van der Waals surface area contributed by atoms with Gasteiger partial charge in [-0.15, -0.1) is 0 Å². The molecule has 0 spiro atoms. The highest BCUT2D eigenvalue weighted by Crippen LogP contribution is 2.26. The second-order valence-corrected chi connectivity index (χ2v) is 6.39. The van der Waals surface area contributed by atoms with E-state index in [0.29, 0.717) is 12.4 Å². The van der Waals surface area contributed by atoms with Gasteiger partial charge in [-0.05, 0) is 54.6 Å². The van der Waals surface area contributed by atoms with E-state index >= 15 is 0 Å². The van der Waals surface area contributed by atoms with E-state index < -0.39 is 6.10 Å². The van der Waals surface area contributed by atoms with Gasteiger partial charge in [0.2, 0.25) is 0 Å². The van der Waals surface area contributed by atoms with Crippen LogP contribution >= 0.6 is 0 Å². The van der Waals surface area contributed by atoms with Crippen LogP contribution in [0, 0.1) is 0 Å². The lowest BCUT2D eigenvalue weighted by Gasteiger charge is -2.14. The molecule has 0 radical (unpaired) electrons. The highest BCUT2D eigenvalue weighted by Gasteiger charge is 2.15. The van der Waals surface area contributed by atoms with Crippen molar-refractivity contribution in [1.29, 1.82) is 0 Å². The zero-order chi connectivity index (χ0) is 19.8. The summed E-state index contributed by atoms with van der Waals surface area (Å²) in [6.45, 7) is 4.46. The van der Waals surface area contributed by atoms with E-state index in [4.69, 9.17) is 9.47 Å². The molecular formula is C23H24N2O3.